The van der Waals surface area contributed by atoms with Crippen LogP contribution < -0.4 is 5.32 Å². The Morgan fingerprint density at radius 2 is 2.17 bits per heavy atom. The van der Waals surface area contributed by atoms with Gasteiger partial charge in [-0.15, -0.1) is 23.1 Å². The quantitative estimate of drug-likeness (QED) is 0.802. The Bertz CT molecular complexity index is 787. The fourth-order valence-electron chi connectivity index (χ4n) is 2.90. The number of anilines is 1. The van der Waals surface area contributed by atoms with Crippen molar-refractivity contribution in [3.05, 3.63) is 45.8 Å². The van der Waals surface area contributed by atoms with E-state index >= 15 is 0 Å². The smallest absolute Gasteiger partial charge is 0.235 e. The van der Waals surface area contributed by atoms with Crippen LogP contribution in [-0.2, 0) is 17.6 Å². The lowest BCUT2D eigenvalue weighted by Gasteiger charge is -2.17. The highest BCUT2D eigenvalue weighted by molar-refractivity contribution is 8.00. The number of carbonyl (C=O) groups is 1. The Hall–Kier alpha value is -1.77. The Kier molecular flexibility index (Phi) is 5.27. The number of aryl methyl sites for hydroxylation is 1. The maximum atomic E-state index is 12.3. The van der Waals surface area contributed by atoms with Gasteiger partial charge in [0.05, 0.1) is 11.3 Å². The van der Waals surface area contributed by atoms with E-state index in [1.807, 2.05) is 31.2 Å². The zero-order valence-corrected chi connectivity index (χ0v) is 15.5. The number of hydrogen-bond donors (Lipinski definition) is 1. The van der Waals surface area contributed by atoms with Crippen molar-refractivity contribution >= 4 is 34.0 Å². The number of amides is 1. The largest absolute Gasteiger partial charge is 0.316 e. The number of fused-ring (bicyclic) bond motifs is 1. The second-order valence-electron chi connectivity index (χ2n) is 6.32. The first-order chi connectivity index (χ1) is 11.6. The van der Waals surface area contributed by atoms with Crippen LogP contribution in [-0.4, -0.2) is 11.7 Å². The van der Waals surface area contributed by atoms with Gasteiger partial charge < -0.3 is 5.32 Å². The normalized spacial score (nSPS) is 16.3. The third-order valence-corrected chi connectivity index (χ3v) is 6.45. The van der Waals surface area contributed by atoms with Gasteiger partial charge in [-0.3, -0.25) is 4.79 Å². The number of benzene rings is 1. The van der Waals surface area contributed by atoms with E-state index < -0.39 is 0 Å². The minimum absolute atomic E-state index is 0.0521. The maximum Gasteiger partial charge on any atom is 0.235 e. The van der Waals surface area contributed by atoms with Crippen LogP contribution in [0.1, 0.15) is 34.9 Å². The fraction of sp³-hybridized carbons (Fsp3) is 0.368. The predicted octanol–water partition coefficient (Wildman–Crippen LogP) is 4.78. The third-order valence-electron chi connectivity index (χ3n) is 4.27. The molecule has 2 aromatic rings. The van der Waals surface area contributed by atoms with Crippen molar-refractivity contribution in [2.24, 2.45) is 5.92 Å². The second kappa shape index (κ2) is 7.42. The van der Waals surface area contributed by atoms with Gasteiger partial charge in [0.2, 0.25) is 5.91 Å². The van der Waals surface area contributed by atoms with Gasteiger partial charge in [-0.25, -0.2) is 0 Å². The predicted molar refractivity (Wildman–Crippen MR) is 101 cm³/mol. The molecular weight excluding hydrogens is 336 g/mol. The molecule has 0 aliphatic heterocycles. The Balaban J connectivity index is 1.66. The first-order valence-corrected chi connectivity index (χ1v) is 9.91. The molecule has 0 fully saturated rings. The van der Waals surface area contributed by atoms with Crippen molar-refractivity contribution in [2.75, 3.05) is 11.1 Å². The summed E-state index contributed by atoms with van der Waals surface area (Å²) in [6.45, 7) is 4.29. The zero-order chi connectivity index (χ0) is 17.1. The molecular formula is C19H20N2OS2. The number of nitrogens with zero attached hydrogens (tertiary/aromatic N) is 1. The van der Waals surface area contributed by atoms with Gasteiger partial charge >= 0.3 is 0 Å². The molecule has 1 N–H and O–H groups in total. The fourth-order valence-corrected chi connectivity index (χ4v) is 4.98. The highest BCUT2D eigenvalue weighted by Gasteiger charge is 2.24. The summed E-state index contributed by atoms with van der Waals surface area (Å²) < 4.78 is 0. The van der Waals surface area contributed by atoms with Crippen molar-refractivity contribution in [3.8, 4) is 6.07 Å². The van der Waals surface area contributed by atoms with Crippen LogP contribution in [0.25, 0.3) is 0 Å². The molecule has 1 aliphatic rings. The molecule has 1 aliphatic carbocycles. The highest BCUT2D eigenvalue weighted by atomic mass is 32.2. The van der Waals surface area contributed by atoms with Crippen LogP contribution in [0.15, 0.2) is 29.2 Å². The van der Waals surface area contributed by atoms with E-state index in [1.165, 1.54) is 22.2 Å². The van der Waals surface area contributed by atoms with E-state index in [9.17, 15) is 10.1 Å². The average molecular weight is 357 g/mol. The maximum absolute atomic E-state index is 12.3. The summed E-state index contributed by atoms with van der Waals surface area (Å²) in [5, 5.41) is 13.2. The summed E-state index contributed by atoms with van der Waals surface area (Å²) in [5.74, 6) is 0.958. The Morgan fingerprint density at radius 1 is 1.42 bits per heavy atom. The highest BCUT2D eigenvalue weighted by Crippen LogP contribution is 2.39. The minimum atomic E-state index is -0.0521. The first kappa shape index (κ1) is 17.1. The number of nitrogens with one attached hydrogen (secondary N) is 1. The summed E-state index contributed by atoms with van der Waals surface area (Å²) in [6.07, 6.45) is 3.08. The number of hydrogen-bond acceptors (Lipinski definition) is 4. The summed E-state index contributed by atoms with van der Waals surface area (Å²) in [4.78, 5) is 14.6. The van der Waals surface area contributed by atoms with Crippen molar-refractivity contribution in [2.45, 2.75) is 38.0 Å². The van der Waals surface area contributed by atoms with Crippen molar-refractivity contribution in [1.82, 2.24) is 0 Å². The molecule has 3 nitrogen and oxygen atoms in total. The Labute approximate surface area is 151 Å². The van der Waals surface area contributed by atoms with Crippen LogP contribution in [0.2, 0.25) is 0 Å². The number of nitriles is 1. The van der Waals surface area contributed by atoms with E-state index in [0.717, 1.165) is 34.7 Å². The lowest BCUT2D eigenvalue weighted by atomic mass is 9.89. The second-order valence-corrected chi connectivity index (χ2v) is 8.47. The molecule has 0 radical (unpaired) electrons. The lowest BCUT2D eigenvalue weighted by Crippen LogP contribution is -2.14. The summed E-state index contributed by atoms with van der Waals surface area (Å²) in [5.41, 5.74) is 3.04. The molecule has 3 rings (SSSR count). The molecule has 1 amide bonds. The van der Waals surface area contributed by atoms with Gasteiger partial charge in [-0.05, 0) is 49.8 Å². The molecule has 0 saturated carbocycles. The monoisotopic (exact) mass is 356 g/mol. The molecule has 24 heavy (non-hydrogen) atoms. The van der Waals surface area contributed by atoms with Gasteiger partial charge in [0.1, 0.15) is 11.1 Å². The molecule has 1 heterocycles. The van der Waals surface area contributed by atoms with Gasteiger partial charge in [-0.1, -0.05) is 24.6 Å². The summed E-state index contributed by atoms with van der Waals surface area (Å²) >= 11 is 3.09. The summed E-state index contributed by atoms with van der Waals surface area (Å²) in [6, 6.07) is 10.4. The van der Waals surface area contributed by atoms with E-state index in [2.05, 4.69) is 18.3 Å². The summed E-state index contributed by atoms with van der Waals surface area (Å²) in [7, 11) is 0. The number of thiophene rings is 1. The lowest BCUT2D eigenvalue weighted by molar-refractivity contribution is -0.113. The molecule has 0 spiro atoms. The molecule has 1 aromatic carbocycles. The molecule has 1 aromatic heterocycles. The van der Waals surface area contributed by atoms with E-state index in [4.69, 9.17) is 0 Å². The molecule has 0 saturated heterocycles. The van der Waals surface area contributed by atoms with Gasteiger partial charge in [0.15, 0.2) is 0 Å². The van der Waals surface area contributed by atoms with E-state index in [-0.39, 0.29) is 5.91 Å². The van der Waals surface area contributed by atoms with Crippen molar-refractivity contribution < 1.29 is 4.79 Å². The van der Waals surface area contributed by atoms with Gasteiger partial charge in [0.25, 0.3) is 0 Å². The van der Waals surface area contributed by atoms with Crippen LogP contribution in [0.4, 0.5) is 5.00 Å². The van der Waals surface area contributed by atoms with Crippen LogP contribution in [0, 0.1) is 24.2 Å². The average Bonchev–Trinajstić information content (AvgIpc) is 2.90. The van der Waals surface area contributed by atoms with Crippen LogP contribution >= 0.6 is 23.1 Å². The molecule has 0 unspecified atom stereocenters. The number of rotatable bonds is 4. The van der Waals surface area contributed by atoms with Crippen LogP contribution in [0.3, 0.4) is 0 Å². The van der Waals surface area contributed by atoms with Crippen molar-refractivity contribution in [1.29, 1.82) is 5.26 Å². The molecule has 5 heteroatoms. The Morgan fingerprint density at radius 3 is 2.88 bits per heavy atom. The molecule has 1 atom stereocenters. The molecule has 0 bridgehead atoms. The standard InChI is InChI=1S/C19H20N2OS2/c1-12-3-6-14(7-4-12)23-11-18(22)21-19-16(10-20)15-8-5-13(2)9-17(15)24-19/h3-4,6-7,13H,5,8-9,11H2,1-2H3,(H,21,22)/t13-/m1/s1. The number of thioether (sulfide) groups is 1. The minimum Gasteiger partial charge on any atom is -0.316 e. The first-order valence-electron chi connectivity index (χ1n) is 8.10. The van der Waals surface area contributed by atoms with E-state index in [1.54, 1.807) is 11.3 Å². The van der Waals surface area contributed by atoms with Crippen molar-refractivity contribution in [3.63, 3.8) is 0 Å². The topological polar surface area (TPSA) is 52.9 Å². The third kappa shape index (κ3) is 3.82. The SMILES string of the molecule is Cc1ccc(SCC(=O)Nc2sc3c(c2C#N)CC[C@@H](C)C3)cc1. The van der Waals surface area contributed by atoms with Gasteiger partial charge in [-0.2, -0.15) is 5.26 Å². The number of carbonyl (C=O) groups excluding carboxylic acids is 1. The van der Waals surface area contributed by atoms with Gasteiger partial charge in [0, 0.05) is 9.77 Å². The van der Waals surface area contributed by atoms with E-state index in [0.29, 0.717) is 17.2 Å². The van der Waals surface area contributed by atoms with Crippen LogP contribution in [0.5, 0.6) is 0 Å². The zero-order valence-electron chi connectivity index (χ0n) is 13.9. The molecule has 124 valence electrons.